The molecule has 1 atom stereocenters. The van der Waals surface area contributed by atoms with E-state index in [0.29, 0.717) is 40.1 Å². The van der Waals surface area contributed by atoms with Gasteiger partial charge >= 0.3 is 6.18 Å². The molecule has 3 heterocycles. The van der Waals surface area contributed by atoms with Gasteiger partial charge in [0.15, 0.2) is 0 Å². The summed E-state index contributed by atoms with van der Waals surface area (Å²) in [5.74, 6) is -0.161. The third-order valence-electron chi connectivity index (χ3n) is 5.74. The van der Waals surface area contributed by atoms with Crippen LogP contribution in [0.4, 0.5) is 19.1 Å². The molecule has 37 heavy (non-hydrogen) atoms. The Labute approximate surface area is 221 Å². The first-order chi connectivity index (χ1) is 17.4. The van der Waals surface area contributed by atoms with Gasteiger partial charge in [-0.15, -0.1) is 11.3 Å². The maximum absolute atomic E-state index is 13.0. The molecular formula is C23H23ClF3N5O3S2. The summed E-state index contributed by atoms with van der Waals surface area (Å²) < 4.78 is 66.5. The van der Waals surface area contributed by atoms with E-state index in [4.69, 9.17) is 11.6 Å². The number of anilines is 1. The van der Waals surface area contributed by atoms with Crippen LogP contribution in [0.25, 0.3) is 11.3 Å². The van der Waals surface area contributed by atoms with Gasteiger partial charge in [0, 0.05) is 26.2 Å². The zero-order chi connectivity index (χ0) is 27.0. The normalized spacial score (nSPS) is 16.6. The lowest BCUT2D eigenvalue weighted by Gasteiger charge is -2.22. The zero-order valence-corrected chi connectivity index (χ0v) is 22.2. The number of carbonyl (C=O) groups excluding carboxylic acids is 1. The summed E-state index contributed by atoms with van der Waals surface area (Å²) in [4.78, 5) is 23.5. The highest BCUT2D eigenvalue weighted by molar-refractivity contribution is 7.91. The van der Waals surface area contributed by atoms with Crippen molar-refractivity contribution >= 4 is 44.8 Å². The maximum Gasteiger partial charge on any atom is 0.416 e. The third kappa shape index (κ3) is 6.06. The average Bonchev–Trinajstić information content (AvgIpc) is 3.52. The van der Waals surface area contributed by atoms with Crippen LogP contribution in [0.2, 0.25) is 4.34 Å². The van der Waals surface area contributed by atoms with Crippen LogP contribution in [0.5, 0.6) is 0 Å². The molecule has 0 radical (unpaired) electrons. The third-order valence-corrected chi connectivity index (χ3v) is 9.34. The molecule has 8 nitrogen and oxygen atoms in total. The molecule has 3 aromatic rings. The number of amides is 1. The molecule has 1 unspecified atom stereocenters. The Bertz CT molecular complexity index is 1400. The molecule has 1 aromatic carbocycles. The fourth-order valence-electron chi connectivity index (χ4n) is 3.89. The first-order valence-electron chi connectivity index (χ1n) is 11.1. The zero-order valence-electron chi connectivity index (χ0n) is 19.8. The number of benzene rings is 1. The molecule has 0 saturated carbocycles. The smallest absolute Gasteiger partial charge is 0.349 e. The van der Waals surface area contributed by atoms with Gasteiger partial charge in [0.25, 0.3) is 10.0 Å². The van der Waals surface area contributed by atoms with Gasteiger partial charge in [-0.2, -0.15) is 17.5 Å². The van der Waals surface area contributed by atoms with Crippen LogP contribution in [0.1, 0.15) is 24.1 Å². The highest BCUT2D eigenvalue weighted by Crippen LogP contribution is 2.33. The van der Waals surface area contributed by atoms with Crippen molar-refractivity contribution in [3.63, 3.8) is 0 Å². The van der Waals surface area contributed by atoms with E-state index in [2.05, 4.69) is 15.3 Å². The second-order valence-corrected chi connectivity index (χ2v) is 12.4. The lowest BCUT2D eigenvalue weighted by molar-refractivity contribution is -0.137. The SMILES string of the molecule is CN(C)c1nc(CNC(=O)C2CCCN2S(=O)(=O)c2ccc(Cl)s2)cc(-c2ccc(C(F)(F)F)cc2)n1. The second-order valence-electron chi connectivity index (χ2n) is 8.56. The number of carbonyl (C=O) groups is 1. The minimum absolute atomic E-state index is 0.0228. The predicted molar refractivity (Wildman–Crippen MR) is 135 cm³/mol. The van der Waals surface area contributed by atoms with Crippen LogP contribution in [0, 0.1) is 0 Å². The predicted octanol–water partition coefficient (Wildman–Crippen LogP) is 4.41. The molecule has 14 heteroatoms. The Hall–Kier alpha value is -2.74. The molecule has 0 bridgehead atoms. The van der Waals surface area contributed by atoms with Crippen molar-refractivity contribution in [1.82, 2.24) is 19.6 Å². The van der Waals surface area contributed by atoms with Crippen LogP contribution < -0.4 is 10.2 Å². The lowest BCUT2D eigenvalue weighted by atomic mass is 10.1. The number of sulfonamides is 1. The summed E-state index contributed by atoms with van der Waals surface area (Å²) in [5, 5.41) is 2.75. The quantitative estimate of drug-likeness (QED) is 0.450. The largest absolute Gasteiger partial charge is 0.416 e. The van der Waals surface area contributed by atoms with Crippen molar-refractivity contribution in [2.45, 2.75) is 35.8 Å². The van der Waals surface area contributed by atoms with Crippen LogP contribution in [-0.4, -0.2) is 55.3 Å². The fraction of sp³-hybridized carbons (Fsp3) is 0.348. The number of halogens is 4. The topological polar surface area (TPSA) is 95.5 Å². The minimum atomic E-state index is -4.45. The first-order valence-corrected chi connectivity index (χ1v) is 13.8. The summed E-state index contributed by atoms with van der Waals surface area (Å²) in [6.45, 7) is 0.192. The van der Waals surface area contributed by atoms with E-state index >= 15 is 0 Å². The summed E-state index contributed by atoms with van der Waals surface area (Å²) in [7, 11) is -0.446. The van der Waals surface area contributed by atoms with Crippen molar-refractivity contribution in [2.24, 2.45) is 0 Å². The van der Waals surface area contributed by atoms with Gasteiger partial charge in [0.2, 0.25) is 11.9 Å². The standard InChI is InChI=1S/C23H23ClF3N5O3S2/c1-31(2)22-29-16(12-17(30-22)14-5-7-15(8-6-14)23(25,26)27)13-28-21(33)18-4-3-11-32(18)37(34,35)20-10-9-19(24)36-20/h5-10,12,18H,3-4,11,13H2,1-2H3,(H,28,33). The molecule has 4 rings (SSSR count). The number of nitrogens with one attached hydrogen (secondary N) is 1. The van der Waals surface area contributed by atoms with Crippen LogP contribution in [-0.2, 0) is 27.5 Å². The number of thiophene rings is 1. The molecular weight excluding hydrogens is 551 g/mol. The van der Waals surface area contributed by atoms with Gasteiger partial charge in [0.1, 0.15) is 10.3 Å². The highest BCUT2D eigenvalue weighted by atomic mass is 35.5. The number of rotatable bonds is 7. The lowest BCUT2D eigenvalue weighted by Crippen LogP contribution is -2.45. The maximum atomic E-state index is 13.0. The molecule has 1 fully saturated rings. The van der Waals surface area contributed by atoms with Gasteiger partial charge in [-0.05, 0) is 43.2 Å². The number of alkyl halides is 3. The molecule has 0 spiro atoms. The summed E-state index contributed by atoms with van der Waals surface area (Å²) in [6.07, 6.45) is -3.55. The molecule has 2 aromatic heterocycles. The molecule has 198 valence electrons. The summed E-state index contributed by atoms with van der Waals surface area (Å²) in [6, 6.07) is 8.21. The first kappa shape index (κ1) is 27.3. The Balaban J connectivity index is 1.53. The number of hydrogen-bond acceptors (Lipinski definition) is 7. The van der Waals surface area contributed by atoms with Crippen LogP contribution in [0.3, 0.4) is 0 Å². The van der Waals surface area contributed by atoms with Gasteiger partial charge in [0.05, 0.1) is 27.8 Å². The second kappa shape index (κ2) is 10.6. The fourth-order valence-corrected chi connectivity index (χ4v) is 7.16. The summed E-state index contributed by atoms with van der Waals surface area (Å²) >= 11 is 6.83. The molecule has 1 amide bonds. The molecule has 1 saturated heterocycles. The van der Waals surface area contributed by atoms with E-state index in [9.17, 15) is 26.4 Å². The Kier molecular flexibility index (Phi) is 7.79. The van der Waals surface area contributed by atoms with E-state index in [0.717, 1.165) is 23.5 Å². The number of aromatic nitrogens is 2. The van der Waals surface area contributed by atoms with E-state index in [1.165, 1.54) is 28.6 Å². The van der Waals surface area contributed by atoms with E-state index in [-0.39, 0.29) is 17.3 Å². The van der Waals surface area contributed by atoms with Crippen LogP contribution >= 0.6 is 22.9 Å². The summed E-state index contributed by atoms with van der Waals surface area (Å²) in [5.41, 5.74) is 0.482. The van der Waals surface area contributed by atoms with E-state index in [1.54, 1.807) is 25.1 Å². The van der Waals surface area contributed by atoms with Crippen molar-refractivity contribution in [3.8, 4) is 11.3 Å². The van der Waals surface area contributed by atoms with Gasteiger partial charge in [-0.3, -0.25) is 4.79 Å². The molecule has 1 N–H and O–H groups in total. The average molecular weight is 574 g/mol. The van der Waals surface area contributed by atoms with Crippen molar-refractivity contribution in [3.05, 3.63) is 58.1 Å². The highest BCUT2D eigenvalue weighted by Gasteiger charge is 2.40. The number of hydrogen-bond donors (Lipinski definition) is 1. The van der Waals surface area contributed by atoms with Gasteiger partial charge in [-0.25, -0.2) is 18.4 Å². The Morgan fingerprint density at radius 3 is 2.49 bits per heavy atom. The minimum Gasteiger partial charge on any atom is -0.349 e. The van der Waals surface area contributed by atoms with Crippen molar-refractivity contribution in [2.75, 3.05) is 25.5 Å². The van der Waals surface area contributed by atoms with Gasteiger partial charge in [-0.1, -0.05) is 23.7 Å². The van der Waals surface area contributed by atoms with E-state index < -0.39 is 33.7 Å². The molecule has 1 aliphatic rings. The molecule has 0 aliphatic carbocycles. The van der Waals surface area contributed by atoms with Crippen LogP contribution in [0.15, 0.2) is 46.7 Å². The Morgan fingerprint density at radius 1 is 1.19 bits per heavy atom. The van der Waals surface area contributed by atoms with Crippen molar-refractivity contribution < 1.29 is 26.4 Å². The number of nitrogens with zero attached hydrogens (tertiary/aromatic N) is 4. The monoisotopic (exact) mass is 573 g/mol. The molecule has 1 aliphatic heterocycles. The van der Waals surface area contributed by atoms with E-state index in [1.807, 2.05) is 0 Å². The van der Waals surface area contributed by atoms with Gasteiger partial charge < -0.3 is 10.2 Å². The van der Waals surface area contributed by atoms with Crippen molar-refractivity contribution in [1.29, 1.82) is 0 Å². The Morgan fingerprint density at radius 2 is 1.89 bits per heavy atom.